The molecule has 2 N–H and O–H groups in total. The van der Waals surface area contributed by atoms with Crippen LogP contribution in [0.3, 0.4) is 0 Å². The molecular weight excluding hydrogens is 320 g/mol. The number of rotatable bonds is 10. The zero-order chi connectivity index (χ0) is 18.0. The standard InChI is InChI=1S/C19H32N2O2S/c1-5-6-9-16-10-12-17(13-11-16)18(22)20-14-7-8-15-21-24(23)19(2,3)4/h10-13,21H,5-9,14-15H2,1-4H3,(H,20,22). The number of carbonyl (C=O) groups excluding carboxylic acids is 1. The van der Waals surface area contributed by atoms with Gasteiger partial charge in [-0.1, -0.05) is 25.5 Å². The highest BCUT2D eigenvalue weighted by Gasteiger charge is 2.25. The molecule has 1 unspecified atom stereocenters. The number of benzene rings is 1. The van der Waals surface area contributed by atoms with Gasteiger partial charge in [0.1, 0.15) is 4.75 Å². The van der Waals surface area contributed by atoms with Gasteiger partial charge in [0.25, 0.3) is 5.91 Å². The van der Waals surface area contributed by atoms with Gasteiger partial charge in [-0.3, -0.25) is 4.79 Å². The van der Waals surface area contributed by atoms with Gasteiger partial charge in [0.15, 0.2) is 0 Å². The van der Waals surface area contributed by atoms with Crippen molar-refractivity contribution >= 4 is 17.3 Å². The summed E-state index contributed by atoms with van der Waals surface area (Å²) in [5.41, 5.74) is 1.99. The van der Waals surface area contributed by atoms with Crippen LogP contribution in [0.2, 0.25) is 0 Å². The summed E-state index contributed by atoms with van der Waals surface area (Å²) >= 11 is -1.02. The fraction of sp³-hybridized carbons (Fsp3) is 0.632. The molecule has 0 fully saturated rings. The fourth-order valence-electron chi connectivity index (χ4n) is 2.14. The largest absolute Gasteiger partial charge is 0.598 e. The molecule has 0 aliphatic rings. The van der Waals surface area contributed by atoms with Crippen molar-refractivity contribution in [1.82, 2.24) is 10.0 Å². The summed E-state index contributed by atoms with van der Waals surface area (Å²) in [5.74, 6) is -0.0248. The van der Waals surface area contributed by atoms with Gasteiger partial charge in [0.2, 0.25) is 0 Å². The van der Waals surface area contributed by atoms with Crippen LogP contribution in [-0.2, 0) is 17.8 Å². The van der Waals surface area contributed by atoms with Crippen molar-refractivity contribution in [2.75, 3.05) is 13.1 Å². The van der Waals surface area contributed by atoms with E-state index in [9.17, 15) is 9.35 Å². The maximum Gasteiger partial charge on any atom is 0.251 e. The molecule has 0 aliphatic heterocycles. The molecule has 1 aromatic rings. The second-order valence-electron chi connectivity index (χ2n) is 7.04. The molecule has 0 saturated heterocycles. The van der Waals surface area contributed by atoms with E-state index in [1.54, 1.807) is 0 Å². The molecule has 5 heteroatoms. The van der Waals surface area contributed by atoms with Gasteiger partial charge in [0.05, 0.1) is 0 Å². The Bertz CT molecular complexity index is 483. The molecule has 136 valence electrons. The Morgan fingerprint density at radius 1 is 1.08 bits per heavy atom. The first-order valence-corrected chi connectivity index (χ1v) is 10.0. The lowest BCUT2D eigenvalue weighted by atomic mass is 10.1. The van der Waals surface area contributed by atoms with E-state index in [1.165, 1.54) is 18.4 Å². The van der Waals surface area contributed by atoms with Gasteiger partial charge in [-0.25, -0.2) is 0 Å². The van der Waals surface area contributed by atoms with Crippen molar-refractivity contribution in [3.05, 3.63) is 35.4 Å². The second-order valence-corrected chi connectivity index (χ2v) is 9.09. The van der Waals surface area contributed by atoms with Crippen molar-refractivity contribution in [2.24, 2.45) is 0 Å². The molecule has 1 aromatic carbocycles. The number of hydrogen-bond donors (Lipinski definition) is 2. The molecule has 0 heterocycles. The summed E-state index contributed by atoms with van der Waals surface area (Å²) in [4.78, 5) is 12.1. The van der Waals surface area contributed by atoms with E-state index in [0.29, 0.717) is 18.7 Å². The van der Waals surface area contributed by atoms with E-state index in [-0.39, 0.29) is 10.7 Å². The van der Waals surface area contributed by atoms with Gasteiger partial charge < -0.3 is 9.87 Å². The van der Waals surface area contributed by atoms with Crippen LogP contribution in [0.15, 0.2) is 24.3 Å². The lowest BCUT2D eigenvalue weighted by molar-refractivity contribution is 0.0953. The number of hydrogen-bond acceptors (Lipinski definition) is 3. The summed E-state index contributed by atoms with van der Waals surface area (Å²) < 4.78 is 14.6. The highest BCUT2D eigenvalue weighted by molar-refractivity contribution is 7.90. The summed E-state index contributed by atoms with van der Waals surface area (Å²) in [6, 6.07) is 7.87. The van der Waals surface area contributed by atoms with Gasteiger partial charge in [-0.05, 0) is 64.2 Å². The second kappa shape index (κ2) is 10.7. The van der Waals surface area contributed by atoms with E-state index >= 15 is 0 Å². The van der Waals surface area contributed by atoms with Gasteiger partial charge >= 0.3 is 0 Å². The summed E-state index contributed by atoms with van der Waals surface area (Å²) in [6.45, 7) is 9.36. The van der Waals surface area contributed by atoms with E-state index in [0.717, 1.165) is 19.3 Å². The molecular formula is C19H32N2O2S. The van der Waals surface area contributed by atoms with Gasteiger partial charge in [-0.2, -0.15) is 0 Å². The zero-order valence-corrected chi connectivity index (χ0v) is 16.3. The average Bonchev–Trinajstić information content (AvgIpc) is 2.55. The van der Waals surface area contributed by atoms with Crippen molar-refractivity contribution in [2.45, 2.75) is 64.5 Å². The maximum absolute atomic E-state index is 12.1. The average molecular weight is 353 g/mol. The Balaban J connectivity index is 2.20. The first kappa shape index (κ1) is 21.0. The van der Waals surface area contributed by atoms with Crippen LogP contribution < -0.4 is 10.0 Å². The highest BCUT2D eigenvalue weighted by atomic mass is 32.2. The van der Waals surface area contributed by atoms with Crippen LogP contribution >= 0.6 is 0 Å². The molecule has 1 atom stereocenters. The third-order valence-electron chi connectivity index (χ3n) is 3.71. The van der Waals surface area contributed by atoms with Crippen LogP contribution in [0.5, 0.6) is 0 Å². The van der Waals surface area contributed by atoms with Crippen molar-refractivity contribution in [3.63, 3.8) is 0 Å². The van der Waals surface area contributed by atoms with Crippen LogP contribution in [0.25, 0.3) is 0 Å². The molecule has 1 rings (SSSR count). The minimum Gasteiger partial charge on any atom is -0.598 e. The molecule has 0 saturated carbocycles. The molecule has 0 aliphatic carbocycles. The van der Waals surface area contributed by atoms with Crippen LogP contribution in [0.1, 0.15) is 69.3 Å². The Morgan fingerprint density at radius 3 is 2.29 bits per heavy atom. The van der Waals surface area contributed by atoms with Crippen molar-refractivity contribution in [3.8, 4) is 0 Å². The summed E-state index contributed by atoms with van der Waals surface area (Å²) in [5, 5.41) is 2.94. The fourth-order valence-corrected chi connectivity index (χ4v) is 2.90. The third kappa shape index (κ3) is 8.18. The normalized spacial score (nSPS) is 12.9. The van der Waals surface area contributed by atoms with Crippen molar-refractivity contribution in [1.29, 1.82) is 0 Å². The van der Waals surface area contributed by atoms with Crippen LogP contribution in [-0.4, -0.2) is 28.3 Å². The molecule has 0 spiro atoms. The van der Waals surface area contributed by atoms with Crippen molar-refractivity contribution < 1.29 is 9.35 Å². The molecule has 0 bridgehead atoms. The van der Waals surface area contributed by atoms with E-state index in [2.05, 4.69) is 17.0 Å². The lowest BCUT2D eigenvalue weighted by Gasteiger charge is -2.23. The Morgan fingerprint density at radius 2 is 1.71 bits per heavy atom. The number of amides is 1. The predicted molar refractivity (Wildman–Crippen MR) is 103 cm³/mol. The topological polar surface area (TPSA) is 64.2 Å². The van der Waals surface area contributed by atoms with Crippen LogP contribution in [0, 0.1) is 0 Å². The highest BCUT2D eigenvalue weighted by Crippen LogP contribution is 2.12. The van der Waals surface area contributed by atoms with Gasteiger partial charge in [-0.15, -0.1) is 4.72 Å². The Hall–Kier alpha value is -1.04. The SMILES string of the molecule is CCCCc1ccc(C(=O)NCCCCN[S+]([O-])C(C)(C)C)cc1. The number of nitrogens with one attached hydrogen (secondary N) is 2. The number of aryl methyl sites for hydroxylation is 1. The summed E-state index contributed by atoms with van der Waals surface area (Å²) in [7, 11) is 0. The maximum atomic E-state index is 12.1. The number of unbranched alkanes of at least 4 members (excludes halogenated alkanes) is 2. The smallest absolute Gasteiger partial charge is 0.251 e. The number of carbonyl (C=O) groups is 1. The zero-order valence-electron chi connectivity index (χ0n) is 15.5. The monoisotopic (exact) mass is 352 g/mol. The quantitative estimate of drug-likeness (QED) is 0.499. The first-order chi connectivity index (χ1) is 11.3. The first-order valence-electron chi connectivity index (χ1n) is 8.87. The minimum atomic E-state index is -1.02. The van der Waals surface area contributed by atoms with Gasteiger partial charge in [0, 0.05) is 30.0 Å². The molecule has 1 amide bonds. The van der Waals surface area contributed by atoms with E-state index in [4.69, 9.17) is 0 Å². The van der Waals surface area contributed by atoms with E-state index in [1.807, 2.05) is 45.0 Å². The molecule has 0 aromatic heterocycles. The Labute approximate surface area is 150 Å². The predicted octanol–water partition coefficient (Wildman–Crippen LogP) is 3.59. The molecule has 0 radical (unpaired) electrons. The minimum absolute atomic E-state index is 0.0248. The molecule has 24 heavy (non-hydrogen) atoms. The molecule has 4 nitrogen and oxygen atoms in total. The summed E-state index contributed by atoms with van der Waals surface area (Å²) in [6.07, 6.45) is 5.19. The third-order valence-corrected chi connectivity index (χ3v) is 5.29. The Kier molecular flexibility index (Phi) is 9.41. The lowest BCUT2D eigenvalue weighted by Crippen LogP contribution is -2.39. The van der Waals surface area contributed by atoms with E-state index < -0.39 is 11.4 Å². The van der Waals surface area contributed by atoms with Crippen LogP contribution in [0.4, 0.5) is 0 Å².